The molecule has 2 fully saturated rings. The van der Waals surface area contributed by atoms with Gasteiger partial charge in [-0.25, -0.2) is 0 Å². The predicted octanol–water partition coefficient (Wildman–Crippen LogP) is 6.22. The van der Waals surface area contributed by atoms with E-state index >= 15 is 0 Å². The molecule has 0 bridgehead atoms. The van der Waals surface area contributed by atoms with E-state index < -0.39 is 0 Å². The fourth-order valence-corrected chi connectivity index (χ4v) is 4.48. The van der Waals surface area contributed by atoms with Crippen LogP contribution in [0.5, 0.6) is 0 Å². The van der Waals surface area contributed by atoms with Gasteiger partial charge in [0.2, 0.25) is 0 Å². The summed E-state index contributed by atoms with van der Waals surface area (Å²) in [5.41, 5.74) is 0. The van der Waals surface area contributed by atoms with Crippen LogP contribution in [0.2, 0.25) is 0 Å². The zero-order chi connectivity index (χ0) is 14.8. The lowest BCUT2D eigenvalue weighted by Gasteiger charge is -2.33. The molecule has 2 aliphatic rings. The van der Waals surface area contributed by atoms with Crippen LogP contribution in [0.4, 0.5) is 0 Å². The molecule has 124 valence electrons. The normalized spacial score (nSPS) is 31.3. The zero-order valence-corrected chi connectivity index (χ0v) is 14.5. The van der Waals surface area contributed by atoms with Crippen LogP contribution in [-0.2, 0) is 0 Å². The molecular formula is C20H39N. The van der Waals surface area contributed by atoms with Crippen molar-refractivity contribution in [2.75, 3.05) is 0 Å². The second-order valence-corrected chi connectivity index (χ2v) is 7.76. The molecular weight excluding hydrogens is 254 g/mol. The van der Waals surface area contributed by atoms with Gasteiger partial charge in [0, 0.05) is 12.1 Å². The average molecular weight is 294 g/mol. The van der Waals surface area contributed by atoms with Crippen LogP contribution in [0.1, 0.15) is 110 Å². The Morgan fingerprint density at radius 2 is 1.14 bits per heavy atom. The van der Waals surface area contributed by atoms with Crippen molar-refractivity contribution in [2.24, 2.45) is 5.92 Å². The SMILES string of the molecule is CCC1CCCC(NC2CCCCCCCCCCC2)C1. The highest BCUT2D eigenvalue weighted by molar-refractivity contribution is 4.81. The summed E-state index contributed by atoms with van der Waals surface area (Å²) in [6.07, 6.45) is 23.4. The Bertz CT molecular complexity index is 238. The first-order valence-electron chi connectivity index (χ1n) is 10.1. The van der Waals surface area contributed by atoms with E-state index in [0.717, 1.165) is 18.0 Å². The molecule has 1 nitrogen and oxygen atoms in total. The summed E-state index contributed by atoms with van der Waals surface area (Å²) < 4.78 is 0. The minimum atomic E-state index is 0.824. The Labute approximate surface area is 133 Å². The Kier molecular flexibility index (Phi) is 8.78. The van der Waals surface area contributed by atoms with Crippen molar-refractivity contribution >= 4 is 0 Å². The van der Waals surface area contributed by atoms with Crippen LogP contribution in [0.15, 0.2) is 0 Å². The average Bonchev–Trinajstić information content (AvgIpc) is 2.50. The lowest BCUT2D eigenvalue weighted by Crippen LogP contribution is -2.41. The van der Waals surface area contributed by atoms with Gasteiger partial charge in [-0.15, -0.1) is 0 Å². The van der Waals surface area contributed by atoms with Crippen molar-refractivity contribution < 1.29 is 0 Å². The first kappa shape index (κ1) is 17.3. The first-order chi connectivity index (χ1) is 10.4. The number of hydrogen-bond acceptors (Lipinski definition) is 1. The van der Waals surface area contributed by atoms with E-state index in [9.17, 15) is 0 Å². The van der Waals surface area contributed by atoms with E-state index in [1.807, 2.05) is 0 Å². The quantitative estimate of drug-likeness (QED) is 0.651. The summed E-state index contributed by atoms with van der Waals surface area (Å²) in [6, 6.07) is 1.66. The third kappa shape index (κ3) is 7.17. The van der Waals surface area contributed by atoms with Gasteiger partial charge in [0.15, 0.2) is 0 Å². The molecule has 0 saturated heterocycles. The van der Waals surface area contributed by atoms with Crippen LogP contribution in [0.25, 0.3) is 0 Å². The first-order valence-corrected chi connectivity index (χ1v) is 10.1. The van der Waals surface area contributed by atoms with Gasteiger partial charge in [0.05, 0.1) is 0 Å². The summed E-state index contributed by atoms with van der Waals surface area (Å²) >= 11 is 0. The molecule has 21 heavy (non-hydrogen) atoms. The van der Waals surface area contributed by atoms with Crippen LogP contribution in [-0.4, -0.2) is 12.1 Å². The van der Waals surface area contributed by atoms with Gasteiger partial charge >= 0.3 is 0 Å². The van der Waals surface area contributed by atoms with Crippen molar-refractivity contribution in [3.8, 4) is 0 Å². The van der Waals surface area contributed by atoms with Gasteiger partial charge in [0.1, 0.15) is 0 Å². The van der Waals surface area contributed by atoms with E-state index in [0.29, 0.717) is 0 Å². The van der Waals surface area contributed by atoms with Crippen molar-refractivity contribution in [1.29, 1.82) is 0 Å². The summed E-state index contributed by atoms with van der Waals surface area (Å²) in [5.74, 6) is 1.00. The number of rotatable bonds is 3. The van der Waals surface area contributed by atoms with Gasteiger partial charge in [-0.3, -0.25) is 0 Å². The lowest BCUT2D eigenvalue weighted by atomic mass is 9.83. The van der Waals surface area contributed by atoms with E-state index in [1.54, 1.807) is 0 Å². The van der Waals surface area contributed by atoms with E-state index in [2.05, 4.69) is 12.2 Å². The van der Waals surface area contributed by atoms with E-state index in [1.165, 1.54) is 103 Å². The molecule has 1 N–H and O–H groups in total. The monoisotopic (exact) mass is 293 g/mol. The molecule has 2 rings (SSSR count). The minimum Gasteiger partial charge on any atom is -0.311 e. The Morgan fingerprint density at radius 1 is 0.619 bits per heavy atom. The largest absolute Gasteiger partial charge is 0.311 e. The summed E-state index contributed by atoms with van der Waals surface area (Å²) in [7, 11) is 0. The van der Waals surface area contributed by atoms with Crippen LogP contribution in [0, 0.1) is 5.92 Å². The van der Waals surface area contributed by atoms with Crippen molar-refractivity contribution in [3.63, 3.8) is 0 Å². The Balaban J connectivity index is 1.74. The van der Waals surface area contributed by atoms with Crippen LogP contribution < -0.4 is 5.32 Å². The molecule has 0 aromatic heterocycles. The highest BCUT2D eigenvalue weighted by Crippen LogP contribution is 2.27. The zero-order valence-electron chi connectivity index (χ0n) is 14.5. The maximum atomic E-state index is 4.07. The molecule has 2 aliphatic carbocycles. The van der Waals surface area contributed by atoms with Crippen molar-refractivity contribution in [1.82, 2.24) is 5.32 Å². The molecule has 2 unspecified atom stereocenters. The topological polar surface area (TPSA) is 12.0 Å². The summed E-state index contributed by atoms with van der Waals surface area (Å²) in [6.45, 7) is 2.38. The maximum Gasteiger partial charge on any atom is 0.00722 e. The van der Waals surface area contributed by atoms with Gasteiger partial charge in [0.25, 0.3) is 0 Å². The van der Waals surface area contributed by atoms with Crippen LogP contribution in [0.3, 0.4) is 0 Å². The summed E-state index contributed by atoms with van der Waals surface area (Å²) in [4.78, 5) is 0. The molecule has 0 heterocycles. The second-order valence-electron chi connectivity index (χ2n) is 7.76. The lowest BCUT2D eigenvalue weighted by molar-refractivity contribution is 0.249. The van der Waals surface area contributed by atoms with Gasteiger partial charge in [-0.1, -0.05) is 84.0 Å². The second kappa shape index (κ2) is 10.6. The highest BCUT2D eigenvalue weighted by Gasteiger charge is 2.22. The molecule has 0 aromatic carbocycles. The Morgan fingerprint density at radius 3 is 1.71 bits per heavy atom. The van der Waals surface area contributed by atoms with E-state index in [-0.39, 0.29) is 0 Å². The minimum absolute atomic E-state index is 0.824. The molecule has 0 aromatic rings. The molecule has 0 aliphatic heterocycles. The molecule has 0 spiro atoms. The molecule has 2 saturated carbocycles. The molecule has 2 atom stereocenters. The van der Waals surface area contributed by atoms with Crippen LogP contribution >= 0.6 is 0 Å². The van der Waals surface area contributed by atoms with Gasteiger partial charge < -0.3 is 5.32 Å². The number of hydrogen-bond donors (Lipinski definition) is 1. The maximum absolute atomic E-state index is 4.07. The third-order valence-electron chi connectivity index (χ3n) is 5.94. The molecule has 0 radical (unpaired) electrons. The summed E-state index contributed by atoms with van der Waals surface area (Å²) in [5, 5.41) is 4.07. The van der Waals surface area contributed by atoms with Crippen molar-refractivity contribution in [2.45, 2.75) is 122 Å². The fraction of sp³-hybridized carbons (Fsp3) is 1.00. The predicted molar refractivity (Wildman–Crippen MR) is 93.7 cm³/mol. The third-order valence-corrected chi connectivity index (χ3v) is 5.94. The van der Waals surface area contributed by atoms with Gasteiger partial charge in [-0.2, -0.15) is 0 Å². The number of nitrogens with one attached hydrogen (secondary N) is 1. The molecule has 1 heteroatoms. The van der Waals surface area contributed by atoms with Gasteiger partial charge in [-0.05, 0) is 31.6 Å². The smallest absolute Gasteiger partial charge is 0.00722 e. The highest BCUT2D eigenvalue weighted by atomic mass is 14.9. The van der Waals surface area contributed by atoms with E-state index in [4.69, 9.17) is 0 Å². The molecule has 0 amide bonds. The fourth-order valence-electron chi connectivity index (χ4n) is 4.48. The Hall–Kier alpha value is -0.0400. The van der Waals surface area contributed by atoms with Crippen molar-refractivity contribution in [3.05, 3.63) is 0 Å². The standard InChI is InChI=1S/C20H39N/c1-2-18-13-12-16-20(17-18)21-19-14-10-8-6-4-3-5-7-9-11-15-19/h18-21H,2-17H2,1H3.